The Labute approximate surface area is 142 Å². The molecule has 0 aliphatic rings. The Balaban J connectivity index is 2.01. The van der Waals surface area contributed by atoms with Gasteiger partial charge in [-0.25, -0.2) is 13.2 Å². The van der Waals surface area contributed by atoms with Gasteiger partial charge in [0.05, 0.1) is 27.7 Å². The second-order valence-corrected chi connectivity index (χ2v) is 6.92. The van der Waals surface area contributed by atoms with Crippen LogP contribution in [0, 0.1) is 0 Å². The fraction of sp³-hybridized carbons (Fsp3) is 0.133. The molecule has 9 heteroatoms. The minimum atomic E-state index is -3.92. The van der Waals surface area contributed by atoms with E-state index >= 15 is 0 Å². The first-order valence-electron chi connectivity index (χ1n) is 6.97. The molecule has 0 aliphatic carbocycles. The lowest BCUT2D eigenvalue weighted by Crippen LogP contribution is -2.14. The van der Waals surface area contributed by atoms with E-state index in [0.717, 1.165) is 0 Å². The molecule has 0 saturated heterocycles. The van der Waals surface area contributed by atoms with Crippen molar-refractivity contribution >= 4 is 38.4 Å². The van der Waals surface area contributed by atoms with Gasteiger partial charge in [0.25, 0.3) is 10.0 Å². The number of halogens is 1. The Bertz CT molecular complexity index is 1060. The molecule has 0 spiro atoms. The van der Waals surface area contributed by atoms with Crippen LogP contribution in [0.25, 0.3) is 11.1 Å². The van der Waals surface area contributed by atoms with Crippen molar-refractivity contribution in [3.05, 3.63) is 52.0 Å². The Kier molecular flexibility index (Phi) is 4.25. The van der Waals surface area contributed by atoms with Crippen molar-refractivity contribution in [2.75, 3.05) is 11.3 Å². The number of benzene rings is 2. The van der Waals surface area contributed by atoms with Gasteiger partial charge >= 0.3 is 5.76 Å². The summed E-state index contributed by atoms with van der Waals surface area (Å²) in [6.07, 6.45) is 0. The number of aromatic nitrogens is 1. The zero-order chi connectivity index (χ0) is 17.3. The highest BCUT2D eigenvalue weighted by Gasteiger charge is 2.19. The number of ether oxygens (including phenoxy) is 1. The smallest absolute Gasteiger partial charge is 0.417 e. The first-order chi connectivity index (χ1) is 11.4. The summed E-state index contributed by atoms with van der Waals surface area (Å²) in [5, 5.41) is 0.295. The molecule has 0 atom stereocenters. The van der Waals surface area contributed by atoms with Crippen LogP contribution in [0.15, 0.2) is 50.5 Å². The average molecular weight is 369 g/mol. The van der Waals surface area contributed by atoms with Crippen LogP contribution in [0.4, 0.5) is 5.69 Å². The molecule has 0 fully saturated rings. The molecule has 0 bridgehead atoms. The van der Waals surface area contributed by atoms with Gasteiger partial charge in [-0.2, -0.15) is 0 Å². The van der Waals surface area contributed by atoms with Crippen LogP contribution in [0.1, 0.15) is 6.92 Å². The third kappa shape index (κ3) is 3.10. The number of para-hydroxylation sites is 1. The van der Waals surface area contributed by atoms with E-state index in [4.69, 9.17) is 20.8 Å². The maximum absolute atomic E-state index is 12.6. The minimum absolute atomic E-state index is 0.0554. The summed E-state index contributed by atoms with van der Waals surface area (Å²) in [6, 6.07) is 8.84. The van der Waals surface area contributed by atoms with Crippen molar-refractivity contribution in [2.45, 2.75) is 11.8 Å². The fourth-order valence-corrected chi connectivity index (χ4v) is 3.48. The van der Waals surface area contributed by atoms with E-state index in [1.165, 1.54) is 18.2 Å². The number of nitrogens with one attached hydrogen (secondary N) is 2. The molecule has 2 aromatic carbocycles. The second-order valence-electron chi connectivity index (χ2n) is 4.83. The molecule has 0 amide bonds. The summed E-state index contributed by atoms with van der Waals surface area (Å²) >= 11 is 6.05. The maximum atomic E-state index is 12.6. The van der Waals surface area contributed by atoms with E-state index in [2.05, 4.69) is 9.71 Å². The highest BCUT2D eigenvalue weighted by molar-refractivity contribution is 7.92. The summed E-state index contributed by atoms with van der Waals surface area (Å²) in [5.41, 5.74) is 0.788. The molecular weight excluding hydrogens is 356 g/mol. The first-order valence-corrected chi connectivity index (χ1v) is 8.84. The van der Waals surface area contributed by atoms with E-state index in [9.17, 15) is 13.2 Å². The summed E-state index contributed by atoms with van der Waals surface area (Å²) in [6.45, 7) is 2.10. The third-order valence-corrected chi connectivity index (χ3v) is 4.86. The van der Waals surface area contributed by atoms with Gasteiger partial charge in [-0.05, 0) is 31.2 Å². The van der Waals surface area contributed by atoms with Crippen LogP contribution in [-0.2, 0) is 10.0 Å². The van der Waals surface area contributed by atoms with Crippen molar-refractivity contribution in [2.24, 2.45) is 0 Å². The molecule has 3 aromatic rings. The molecule has 0 aliphatic heterocycles. The Morgan fingerprint density at radius 3 is 2.83 bits per heavy atom. The standard InChI is InChI=1S/C15H13ClN2O5S/c1-2-22-14-10(16)4-3-5-12(14)18-24(20,21)9-6-7-11-13(8-9)23-15(19)17-11/h3-8,18H,2H2,1H3,(H,17,19). The minimum Gasteiger partial charge on any atom is -0.490 e. The predicted molar refractivity (Wildman–Crippen MR) is 90.3 cm³/mol. The van der Waals surface area contributed by atoms with Gasteiger partial charge in [0.1, 0.15) is 0 Å². The Morgan fingerprint density at radius 1 is 1.29 bits per heavy atom. The summed E-state index contributed by atoms with van der Waals surface area (Å²) in [5.74, 6) is -0.402. The first kappa shape index (κ1) is 16.4. The Hall–Kier alpha value is -2.45. The quantitative estimate of drug-likeness (QED) is 0.720. The Morgan fingerprint density at radius 2 is 2.08 bits per heavy atom. The van der Waals surface area contributed by atoms with Crippen LogP contribution >= 0.6 is 11.6 Å². The molecule has 7 nitrogen and oxygen atoms in total. The van der Waals surface area contributed by atoms with Crippen LogP contribution in [0.3, 0.4) is 0 Å². The van der Waals surface area contributed by atoms with E-state index in [1.54, 1.807) is 25.1 Å². The number of rotatable bonds is 5. The number of H-pyrrole nitrogens is 1. The summed E-state index contributed by atoms with van der Waals surface area (Å²) in [7, 11) is -3.92. The van der Waals surface area contributed by atoms with Gasteiger partial charge in [-0.1, -0.05) is 17.7 Å². The lowest BCUT2D eigenvalue weighted by molar-refractivity contribution is 0.342. The van der Waals surface area contributed by atoms with Crippen molar-refractivity contribution in [1.82, 2.24) is 4.98 Å². The lowest BCUT2D eigenvalue weighted by Gasteiger charge is -2.14. The van der Waals surface area contributed by atoms with Crippen LogP contribution < -0.4 is 15.2 Å². The molecule has 0 saturated carbocycles. The van der Waals surface area contributed by atoms with Crippen molar-refractivity contribution in [3.63, 3.8) is 0 Å². The van der Waals surface area contributed by atoms with Crippen LogP contribution in [-0.4, -0.2) is 20.0 Å². The molecule has 24 heavy (non-hydrogen) atoms. The van der Waals surface area contributed by atoms with E-state index in [0.29, 0.717) is 17.1 Å². The monoisotopic (exact) mass is 368 g/mol. The van der Waals surface area contributed by atoms with Crippen molar-refractivity contribution in [3.8, 4) is 5.75 Å². The van der Waals surface area contributed by atoms with Gasteiger partial charge < -0.3 is 9.15 Å². The molecule has 0 unspecified atom stereocenters. The topological polar surface area (TPSA) is 101 Å². The number of fused-ring (bicyclic) bond motifs is 1. The van der Waals surface area contributed by atoms with E-state index < -0.39 is 15.8 Å². The van der Waals surface area contributed by atoms with Crippen LogP contribution in [0.5, 0.6) is 5.75 Å². The van der Waals surface area contributed by atoms with Gasteiger partial charge in [0.2, 0.25) is 0 Å². The number of sulfonamides is 1. The number of oxazole rings is 1. The maximum Gasteiger partial charge on any atom is 0.417 e. The van der Waals surface area contributed by atoms with Gasteiger partial charge in [-0.15, -0.1) is 0 Å². The molecule has 3 rings (SSSR count). The van der Waals surface area contributed by atoms with Crippen molar-refractivity contribution < 1.29 is 17.6 Å². The van der Waals surface area contributed by atoms with Gasteiger partial charge in [0, 0.05) is 6.07 Å². The van der Waals surface area contributed by atoms with E-state index in [-0.39, 0.29) is 21.9 Å². The molecule has 126 valence electrons. The number of anilines is 1. The summed E-state index contributed by atoms with van der Waals surface area (Å²) in [4.78, 5) is 13.6. The van der Waals surface area contributed by atoms with Gasteiger partial charge in [-0.3, -0.25) is 9.71 Å². The van der Waals surface area contributed by atoms with E-state index in [1.807, 2.05) is 0 Å². The average Bonchev–Trinajstić information content (AvgIpc) is 2.89. The normalized spacial score (nSPS) is 11.6. The number of hydrogen-bond acceptors (Lipinski definition) is 5. The molecule has 1 heterocycles. The molecule has 1 aromatic heterocycles. The van der Waals surface area contributed by atoms with Crippen LogP contribution in [0.2, 0.25) is 5.02 Å². The largest absolute Gasteiger partial charge is 0.490 e. The highest BCUT2D eigenvalue weighted by atomic mass is 35.5. The molecular formula is C15H13ClN2O5S. The summed E-state index contributed by atoms with van der Waals surface area (Å²) < 4.78 is 37.9. The van der Waals surface area contributed by atoms with Gasteiger partial charge in [0.15, 0.2) is 11.3 Å². The highest BCUT2D eigenvalue weighted by Crippen LogP contribution is 2.34. The zero-order valence-corrected chi connectivity index (χ0v) is 14.1. The number of aromatic amines is 1. The predicted octanol–water partition coefficient (Wildman–Crippen LogP) is 2.97. The number of hydrogen-bond donors (Lipinski definition) is 2. The lowest BCUT2D eigenvalue weighted by atomic mass is 10.3. The third-order valence-electron chi connectivity index (χ3n) is 3.20. The second kappa shape index (κ2) is 6.21. The van der Waals surface area contributed by atoms with Crippen molar-refractivity contribution in [1.29, 1.82) is 0 Å². The molecule has 0 radical (unpaired) electrons. The zero-order valence-electron chi connectivity index (χ0n) is 12.5. The molecule has 2 N–H and O–H groups in total. The SMILES string of the molecule is CCOc1c(Cl)cccc1NS(=O)(=O)c1ccc2[nH]c(=O)oc2c1. The fourth-order valence-electron chi connectivity index (χ4n) is 2.18.